The Morgan fingerprint density at radius 1 is 1.59 bits per heavy atom. The molecule has 92 valence electrons. The summed E-state index contributed by atoms with van der Waals surface area (Å²) in [6.45, 7) is 0.677. The Labute approximate surface area is 112 Å². The van der Waals surface area contributed by atoms with E-state index >= 15 is 0 Å². The van der Waals surface area contributed by atoms with Gasteiger partial charge >= 0.3 is 0 Å². The van der Waals surface area contributed by atoms with Gasteiger partial charge in [0.05, 0.1) is 5.56 Å². The molecule has 0 aromatic heterocycles. The van der Waals surface area contributed by atoms with Crippen molar-refractivity contribution in [3.8, 4) is 0 Å². The Morgan fingerprint density at radius 2 is 2.29 bits per heavy atom. The second-order valence-corrected chi connectivity index (χ2v) is 6.32. The van der Waals surface area contributed by atoms with Gasteiger partial charge in [-0.2, -0.15) is 11.8 Å². The summed E-state index contributed by atoms with van der Waals surface area (Å²) >= 11 is 4.99. The minimum absolute atomic E-state index is 0.155. The van der Waals surface area contributed by atoms with Crippen molar-refractivity contribution in [2.75, 3.05) is 12.8 Å². The topological polar surface area (TPSA) is 29.1 Å². The van der Waals surface area contributed by atoms with E-state index in [0.29, 0.717) is 16.6 Å². The molecule has 2 nitrogen and oxygen atoms in total. The van der Waals surface area contributed by atoms with Crippen molar-refractivity contribution < 1.29 is 9.18 Å². The molecule has 0 saturated heterocycles. The first-order valence-corrected chi connectivity index (χ1v) is 7.36. The highest BCUT2D eigenvalue weighted by Gasteiger charge is 2.41. The van der Waals surface area contributed by atoms with E-state index in [4.69, 9.17) is 0 Å². The summed E-state index contributed by atoms with van der Waals surface area (Å²) in [6, 6.07) is 4.09. The summed E-state index contributed by atoms with van der Waals surface area (Å²) in [6.07, 6.45) is 4.37. The number of nitrogens with one attached hydrogen (secondary N) is 1. The maximum Gasteiger partial charge on any atom is 0.252 e. The van der Waals surface area contributed by atoms with E-state index in [2.05, 4.69) is 27.5 Å². The van der Waals surface area contributed by atoms with Crippen LogP contribution in [0.2, 0.25) is 0 Å². The highest BCUT2D eigenvalue weighted by molar-refractivity contribution is 9.10. The van der Waals surface area contributed by atoms with Crippen LogP contribution in [0.15, 0.2) is 22.7 Å². The van der Waals surface area contributed by atoms with E-state index in [1.165, 1.54) is 18.2 Å². The van der Waals surface area contributed by atoms with Crippen LogP contribution in [0.4, 0.5) is 4.39 Å². The Morgan fingerprint density at radius 3 is 2.82 bits per heavy atom. The number of carbonyl (C=O) groups excluding carboxylic acids is 1. The monoisotopic (exact) mass is 317 g/mol. The third-order valence-electron chi connectivity index (χ3n) is 2.99. The van der Waals surface area contributed by atoms with Gasteiger partial charge in [-0.25, -0.2) is 4.39 Å². The SMILES string of the molecule is CSC1(CNC(=O)c2ccc(F)cc2Br)CC1. The van der Waals surface area contributed by atoms with E-state index in [1.807, 2.05) is 0 Å². The molecule has 1 N–H and O–H groups in total. The number of hydrogen-bond donors (Lipinski definition) is 1. The zero-order valence-electron chi connectivity index (χ0n) is 9.43. The van der Waals surface area contributed by atoms with Crippen LogP contribution < -0.4 is 5.32 Å². The Kier molecular flexibility index (Phi) is 3.78. The first-order valence-electron chi connectivity index (χ1n) is 5.35. The zero-order chi connectivity index (χ0) is 12.5. The van der Waals surface area contributed by atoms with E-state index in [-0.39, 0.29) is 16.5 Å². The van der Waals surface area contributed by atoms with Crippen LogP contribution in [-0.4, -0.2) is 23.5 Å². The van der Waals surface area contributed by atoms with Gasteiger partial charge in [-0.15, -0.1) is 0 Å². The standard InChI is InChI=1S/C12H13BrFNOS/c1-17-12(4-5-12)7-15-11(16)9-3-2-8(14)6-10(9)13/h2-3,6H,4-5,7H2,1H3,(H,15,16). The van der Waals surface area contributed by atoms with Crippen molar-refractivity contribution in [1.29, 1.82) is 0 Å². The van der Waals surface area contributed by atoms with Crippen LogP contribution in [0.25, 0.3) is 0 Å². The minimum atomic E-state index is -0.351. The number of amides is 1. The lowest BCUT2D eigenvalue weighted by atomic mass is 10.2. The first-order chi connectivity index (χ1) is 8.06. The van der Waals surface area contributed by atoms with Crippen LogP contribution in [0.5, 0.6) is 0 Å². The van der Waals surface area contributed by atoms with Crippen molar-refractivity contribution >= 4 is 33.6 Å². The van der Waals surface area contributed by atoms with Gasteiger partial charge in [-0.05, 0) is 53.2 Å². The molecule has 1 amide bonds. The number of hydrogen-bond acceptors (Lipinski definition) is 2. The molecule has 5 heteroatoms. The molecular formula is C12H13BrFNOS. The van der Waals surface area contributed by atoms with Gasteiger partial charge in [0.25, 0.3) is 5.91 Å². The number of halogens is 2. The molecule has 0 heterocycles. The molecule has 0 bridgehead atoms. The summed E-state index contributed by atoms with van der Waals surface area (Å²) in [5.74, 6) is -0.506. The van der Waals surface area contributed by atoms with Crippen molar-refractivity contribution in [2.24, 2.45) is 0 Å². The normalized spacial score (nSPS) is 16.6. The molecule has 1 aromatic carbocycles. The molecule has 0 aliphatic heterocycles. The van der Waals surface area contributed by atoms with Crippen molar-refractivity contribution in [3.63, 3.8) is 0 Å². The predicted octanol–water partition coefficient (Wildman–Crippen LogP) is 3.21. The summed E-state index contributed by atoms with van der Waals surface area (Å²) in [5.41, 5.74) is 0.475. The largest absolute Gasteiger partial charge is 0.351 e. The van der Waals surface area contributed by atoms with Crippen LogP contribution >= 0.6 is 27.7 Å². The van der Waals surface area contributed by atoms with Crippen LogP contribution in [0, 0.1) is 5.82 Å². The molecule has 1 aliphatic carbocycles. The molecule has 0 spiro atoms. The summed E-state index contributed by atoms with van der Waals surface area (Å²) < 4.78 is 13.6. The van der Waals surface area contributed by atoms with Gasteiger partial charge in [-0.3, -0.25) is 4.79 Å². The minimum Gasteiger partial charge on any atom is -0.351 e. The van der Waals surface area contributed by atoms with Crippen molar-refractivity contribution in [2.45, 2.75) is 17.6 Å². The van der Waals surface area contributed by atoms with Gasteiger partial charge in [0.15, 0.2) is 0 Å². The van der Waals surface area contributed by atoms with Gasteiger partial charge in [0, 0.05) is 15.8 Å². The van der Waals surface area contributed by atoms with E-state index in [0.717, 1.165) is 12.8 Å². The highest BCUT2D eigenvalue weighted by atomic mass is 79.9. The number of thioether (sulfide) groups is 1. The molecule has 0 atom stereocenters. The number of rotatable bonds is 4. The van der Waals surface area contributed by atoms with Gasteiger partial charge in [0.2, 0.25) is 0 Å². The lowest BCUT2D eigenvalue weighted by Crippen LogP contribution is -2.31. The molecule has 1 fully saturated rings. The zero-order valence-corrected chi connectivity index (χ0v) is 11.8. The molecule has 2 rings (SSSR count). The van der Waals surface area contributed by atoms with Crippen molar-refractivity contribution in [3.05, 3.63) is 34.1 Å². The van der Waals surface area contributed by atoms with E-state index in [9.17, 15) is 9.18 Å². The molecule has 1 saturated carbocycles. The number of carbonyl (C=O) groups is 1. The van der Waals surface area contributed by atoms with Gasteiger partial charge < -0.3 is 5.32 Å². The molecule has 17 heavy (non-hydrogen) atoms. The highest BCUT2D eigenvalue weighted by Crippen LogP contribution is 2.46. The molecule has 0 radical (unpaired) electrons. The summed E-state index contributed by atoms with van der Waals surface area (Å²) in [7, 11) is 0. The second-order valence-electron chi connectivity index (χ2n) is 4.19. The quantitative estimate of drug-likeness (QED) is 0.923. The lowest BCUT2D eigenvalue weighted by molar-refractivity contribution is 0.0952. The second kappa shape index (κ2) is 4.98. The molecule has 1 aromatic rings. The Bertz CT molecular complexity index is 448. The Balaban J connectivity index is 2.00. The van der Waals surface area contributed by atoms with E-state index in [1.54, 1.807) is 11.8 Å². The fourth-order valence-corrected chi connectivity index (χ4v) is 2.86. The third kappa shape index (κ3) is 3.01. The predicted molar refractivity (Wildman–Crippen MR) is 71.9 cm³/mol. The maximum absolute atomic E-state index is 12.9. The lowest BCUT2D eigenvalue weighted by Gasteiger charge is -2.13. The third-order valence-corrected chi connectivity index (χ3v) is 5.06. The van der Waals surface area contributed by atoms with Crippen LogP contribution in [-0.2, 0) is 0 Å². The van der Waals surface area contributed by atoms with Gasteiger partial charge in [0.1, 0.15) is 5.82 Å². The van der Waals surface area contributed by atoms with Crippen molar-refractivity contribution in [1.82, 2.24) is 5.32 Å². The average Bonchev–Trinajstić information content (AvgIpc) is 3.07. The fourth-order valence-electron chi connectivity index (χ4n) is 1.60. The smallest absolute Gasteiger partial charge is 0.252 e. The molecular weight excluding hydrogens is 305 g/mol. The van der Waals surface area contributed by atoms with Crippen LogP contribution in [0.1, 0.15) is 23.2 Å². The summed E-state index contributed by atoms with van der Waals surface area (Å²) in [5, 5.41) is 2.90. The van der Waals surface area contributed by atoms with Crippen LogP contribution in [0.3, 0.4) is 0 Å². The average molecular weight is 318 g/mol. The molecule has 0 unspecified atom stereocenters. The van der Waals surface area contributed by atoms with E-state index < -0.39 is 0 Å². The maximum atomic E-state index is 12.9. The molecule has 1 aliphatic rings. The number of benzene rings is 1. The fraction of sp³-hybridized carbons (Fsp3) is 0.417. The van der Waals surface area contributed by atoms with Gasteiger partial charge in [-0.1, -0.05) is 0 Å². The summed E-state index contributed by atoms with van der Waals surface area (Å²) in [4.78, 5) is 11.9. The first kappa shape index (κ1) is 12.9. The Hall–Kier alpha value is -0.550.